The van der Waals surface area contributed by atoms with Crippen molar-refractivity contribution >= 4 is 18.8 Å². The Balaban J connectivity index is 0. The van der Waals surface area contributed by atoms with E-state index in [0.29, 0.717) is 19.8 Å². The van der Waals surface area contributed by atoms with Crippen LogP contribution in [-0.2, 0) is 22.1 Å². The molecule has 0 saturated heterocycles. The smallest absolute Gasteiger partial charge is 0.402 e. The van der Waals surface area contributed by atoms with Gasteiger partial charge < -0.3 is 22.1 Å². The first-order valence-corrected chi connectivity index (χ1v) is 8.87. The standard InChI is InChI=1S/C7H18O3Si.C2H8O2Si/c1-5-8-11(4,9-6-2)10-7-3;1-3-5-4-2/h5-7H2,1-4H3;5H2,1-2H3. The van der Waals surface area contributed by atoms with Crippen LogP contribution in [0, 0.1) is 0 Å². The zero-order chi connectivity index (χ0) is 12.9. The highest BCUT2D eigenvalue weighted by atomic mass is 28.4. The zero-order valence-electron chi connectivity index (χ0n) is 11.4. The summed E-state index contributed by atoms with van der Waals surface area (Å²) >= 11 is 0. The maximum absolute atomic E-state index is 5.40. The van der Waals surface area contributed by atoms with Crippen molar-refractivity contribution < 1.29 is 22.1 Å². The third-order valence-corrected chi connectivity index (χ3v) is 4.37. The molecule has 0 unspecified atom stereocenters. The summed E-state index contributed by atoms with van der Waals surface area (Å²) in [6.07, 6.45) is 0. The summed E-state index contributed by atoms with van der Waals surface area (Å²) in [6, 6.07) is 0. The van der Waals surface area contributed by atoms with Crippen molar-refractivity contribution in [2.45, 2.75) is 27.3 Å². The van der Waals surface area contributed by atoms with Crippen molar-refractivity contribution in [3.8, 4) is 0 Å². The normalized spacial score (nSPS) is 10.9. The maximum atomic E-state index is 5.40. The van der Waals surface area contributed by atoms with Crippen LogP contribution in [0.5, 0.6) is 0 Å². The van der Waals surface area contributed by atoms with Gasteiger partial charge in [0.1, 0.15) is 0 Å². The topological polar surface area (TPSA) is 46.2 Å². The Bertz CT molecular complexity index is 118. The number of hydrogen-bond donors (Lipinski definition) is 0. The minimum atomic E-state index is -2.25. The highest BCUT2D eigenvalue weighted by Gasteiger charge is 2.32. The predicted molar refractivity (Wildman–Crippen MR) is 69.1 cm³/mol. The van der Waals surface area contributed by atoms with E-state index in [1.54, 1.807) is 14.2 Å². The second-order valence-electron chi connectivity index (χ2n) is 2.86. The lowest BCUT2D eigenvalue weighted by Crippen LogP contribution is -2.42. The van der Waals surface area contributed by atoms with Gasteiger partial charge in [-0.25, -0.2) is 0 Å². The Hall–Kier alpha value is 0.234. The fraction of sp³-hybridized carbons (Fsp3) is 1.00. The van der Waals surface area contributed by atoms with Crippen LogP contribution in [0.25, 0.3) is 0 Å². The van der Waals surface area contributed by atoms with Crippen LogP contribution >= 0.6 is 0 Å². The molecule has 5 nitrogen and oxygen atoms in total. The van der Waals surface area contributed by atoms with Gasteiger partial charge in [0.25, 0.3) is 0 Å². The molecule has 100 valence electrons. The summed E-state index contributed by atoms with van der Waals surface area (Å²) in [5.74, 6) is 0. The van der Waals surface area contributed by atoms with Gasteiger partial charge in [0.2, 0.25) is 0 Å². The minimum Gasteiger partial charge on any atom is -0.402 e. The molecule has 16 heavy (non-hydrogen) atoms. The van der Waals surface area contributed by atoms with E-state index in [2.05, 4.69) is 8.85 Å². The molecular formula is C9H26O5Si2. The maximum Gasteiger partial charge on any atom is 0.497 e. The summed E-state index contributed by atoms with van der Waals surface area (Å²) in [5, 5.41) is 0. The van der Waals surface area contributed by atoms with E-state index < -0.39 is 18.8 Å². The van der Waals surface area contributed by atoms with Crippen LogP contribution in [0.3, 0.4) is 0 Å². The van der Waals surface area contributed by atoms with Crippen molar-refractivity contribution in [2.75, 3.05) is 34.0 Å². The summed E-state index contributed by atoms with van der Waals surface area (Å²) in [6.45, 7) is 9.73. The van der Waals surface area contributed by atoms with Crippen molar-refractivity contribution in [1.29, 1.82) is 0 Å². The van der Waals surface area contributed by atoms with E-state index in [9.17, 15) is 0 Å². The second-order valence-corrected chi connectivity index (χ2v) is 6.84. The van der Waals surface area contributed by atoms with E-state index in [-0.39, 0.29) is 0 Å². The van der Waals surface area contributed by atoms with Gasteiger partial charge in [0.15, 0.2) is 0 Å². The Morgan fingerprint density at radius 2 is 1.12 bits per heavy atom. The SMILES string of the molecule is CCO[Si](C)(OCC)OCC.CO[SiH2]OC. The monoisotopic (exact) mass is 270 g/mol. The summed E-state index contributed by atoms with van der Waals surface area (Å²) < 4.78 is 25.4. The quantitative estimate of drug-likeness (QED) is 0.614. The molecule has 0 aromatic heterocycles. The van der Waals surface area contributed by atoms with E-state index >= 15 is 0 Å². The Morgan fingerprint density at radius 1 is 0.812 bits per heavy atom. The summed E-state index contributed by atoms with van der Waals surface area (Å²) in [5.41, 5.74) is 0. The molecule has 0 aromatic rings. The predicted octanol–water partition coefficient (Wildman–Crippen LogP) is 0.943. The van der Waals surface area contributed by atoms with Crippen molar-refractivity contribution in [1.82, 2.24) is 0 Å². The van der Waals surface area contributed by atoms with Gasteiger partial charge in [-0.3, -0.25) is 0 Å². The van der Waals surface area contributed by atoms with E-state index in [4.69, 9.17) is 13.3 Å². The molecular weight excluding hydrogens is 244 g/mol. The summed E-state index contributed by atoms with van der Waals surface area (Å²) in [4.78, 5) is 0. The molecule has 7 heteroatoms. The van der Waals surface area contributed by atoms with Gasteiger partial charge in [-0.15, -0.1) is 0 Å². The van der Waals surface area contributed by atoms with Gasteiger partial charge in [-0.05, 0) is 20.8 Å². The van der Waals surface area contributed by atoms with E-state index in [1.165, 1.54) is 0 Å². The lowest BCUT2D eigenvalue weighted by Gasteiger charge is -2.23. The second kappa shape index (κ2) is 13.3. The lowest BCUT2D eigenvalue weighted by molar-refractivity contribution is 0.0783. The Morgan fingerprint density at radius 3 is 1.25 bits per heavy atom. The average Bonchev–Trinajstić information content (AvgIpc) is 2.20. The fourth-order valence-corrected chi connectivity index (χ4v) is 3.09. The first-order chi connectivity index (χ1) is 7.60. The highest BCUT2D eigenvalue weighted by molar-refractivity contribution is 6.59. The Labute approximate surface area is 103 Å². The van der Waals surface area contributed by atoms with Crippen LogP contribution in [0.2, 0.25) is 6.55 Å². The van der Waals surface area contributed by atoms with Gasteiger partial charge in [0, 0.05) is 40.6 Å². The van der Waals surface area contributed by atoms with Crippen molar-refractivity contribution in [2.24, 2.45) is 0 Å². The molecule has 0 saturated carbocycles. The van der Waals surface area contributed by atoms with E-state index in [0.717, 1.165) is 0 Å². The van der Waals surface area contributed by atoms with Gasteiger partial charge in [-0.2, -0.15) is 0 Å². The van der Waals surface area contributed by atoms with Gasteiger partial charge in [-0.1, -0.05) is 0 Å². The first-order valence-electron chi connectivity index (χ1n) is 5.49. The molecule has 0 N–H and O–H groups in total. The van der Waals surface area contributed by atoms with Crippen LogP contribution in [0.15, 0.2) is 0 Å². The largest absolute Gasteiger partial charge is 0.497 e. The third kappa shape index (κ3) is 12.3. The lowest BCUT2D eigenvalue weighted by atomic mass is 10.9. The minimum absolute atomic E-state index is 0.568. The van der Waals surface area contributed by atoms with E-state index in [1.807, 2.05) is 27.3 Å². The summed E-state index contributed by atoms with van der Waals surface area (Å²) in [7, 11) is 0.480. The molecule has 0 heterocycles. The molecule has 0 aliphatic rings. The zero-order valence-corrected chi connectivity index (χ0v) is 13.8. The Kier molecular flexibility index (Phi) is 15.5. The molecule has 0 aliphatic carbocycles. The number of hydrogen-bond acceptors (Lipinski definition) is 5. The molecule has 0 aromatic carbocycles. The van der Waals surface area contributed by atoms with Crippen molar-refractivity contribution in [3.63, 3.8) is 0 Å². The fourth-order valence-electron chi connectivity index (χ4n) is 1.03. The molecule has 0 spiro atoms. The number of rotatable bonds is 8. The molecule has 0 atom stereocenters. The van der Waals surface area contributed by atoms with Crippen LogP contribution in [0.4, 0.5) is 0 Å². The van der Waals surface area contributed by atoms with Gasteiger partial charge >= 0.3 is 18.8 Å². The van der Waals surface area contributed by atoms with Gasteiger partial charge in [0.05, 0.1) is 0 Å². The average molecular weight is 270 g/mol. The van der Waals surface area contributed by atoms with Crippen LogP contribution < -0.4 is 0 Å². The molecule has 0 aliphatic heterocycles. The highest BCUT2D eigenvalue weighted by Crippen LogP contribution is 2.08. The molecule has 0 fully saturated rings. The van der Waals surface area contributed by atoms with Crippen LogP contribution in [-0.4, -0.2) is 52.9 Å². The molecule has 0 radical (unpaired) electrons. The van der Waals surface area contributed by atoms with Crippen LogP contribution in [0.1, 0.15) is 20.8 Å². The molecule has 0 rings (SSSR count). The third-order valence-electron chi connectivity index (χ3n) is 1.46. The van der Waals surface area contributed by atoms with Crippen molar-refractivity contribution in [3.05, 3.63) is 0 Å². The molecule has 0 amide bonds. The molecule has 0 bridgehead atoms. The first kappa shape index (κ1) is 18.6.